The molecule has 2 fully saturated rings. The minimum absolute atomic E-state index is 0.0469. The minimum Gasteiger partial charge on any atom is -0.467 e. The van der Waals surface area contributed by atoms with Gasteiger partial charge in [-0.15, -0.1) is 0 Å². The van der Waals surface area contributed by atoms with Crippen LogP contribution in [0.25, 0.3) is 0 Å². The number of hydrogen-bond donors (Lipinski definition) is 0. The second-order valence-electron chi connectivity index (χ2n) is 8.38. The molecule has 1 saturated heterocycles. The van der Waals surface area contributed by atoms with E-state index < -0.39 is 0 Å². The van der Waals surface area contributed by atoms with Crippen molar-refractivity contribution in [2.24, 2.45) is 5.41 Å². The second-order valence-corrected chi connectivity index (χ2v) is 8.38. The molecule has 1 aliphatic carbocycles. The molecule has 0 bridgehead atoms. The number of benzene rings is 1. The van der Waals surface area contributed by atoms with Gasteiger partial charge in [-0.25, -0.2) is 9.97 Å². The van der Waals surface area contributed by atoms with Crippen molar-refractivity contribution in [2.45, 2.75) is 37.6 Å². The third kappa shape index (κ3) is 3.15. The summed E-state index contributed by atoms with van der Waals surface area (Å²) in [6, 6.07) is 11.1. The molecular weight excluding hydrogens is 352 g/mol. The van der Waals surface area contributed by atoms with Crippen LogP contribution in [-0.2, 0) is 10.3 Å². The maximum absolute atomic E-state index is 12.8. The van der Waals surface area contributed by atoms with Crippen LogP contribution in [0.2, 0.25) is 0 Å². The average molecular weight is 380 g/mol. The largest absolute Gasteiger partial charge is 0.467 e. The van der Waals surface area contributed by atoms with Gasteiger partial charge in [0.15, 0.2) is 0 Å². The van der Waals surface area contributed by atoms with Gasteiger partial charge in [-0.2, -0.15) is 0 Å². The monoisotopic (exact) mass is 380 g/mol. The predicted molar refractivity (Wildman–Crippen MR) is 108 cm³/mol. The average Bonchev–Trinajstić information content (AvgIpc) is 3.05. The maximum atomic E-state index is 12.8. The minimum atomic E-state index is 0.0469. The van der Waals surface area contributed by atoms with Gasteiger partial charge in [0.2, 0.25) is 5.91 Å². The molecule has 1 aliphatic heterocycles. The van der Waals surface area contributed by atoms with E-state index in [2.05, 4.69) is 59.3 Å². The molecule has 28 heavy (non-hydrogen) atoms. The van der Waals surface area contributed by atoms with E-state index in [0.717, 1.165) is 37.9 Å². The van der Waals surface area contributed by atoms with E-state index in [4.69, 9.17) is 4.74 Å². The van der Waals surface area contributed by atoms with Crippen LogP contribution >= 0.6 is 0 Å². The van der Waals surface area contributed by atoms with Crippen molar-refractivity contribution in [3.63, 3.8) is 0 Å². The van der Waals surface area contributed by atoms with E-state index in [9.17, 15) is 4.79 Å². The summed E-state index contributed by atoms with van der Waals surface area (Å²) in [5.74, 6) is 0.172. The standard InChI is InChI=1S/C22H28N4O2/c1-25(2)22(17-7-5-4-6-8-17)11-9-21(10-12-22)13-19(27)26(16-21)18-14-23-20(28-3)24-15-18/h4-8,14-15H,9-13,16H2,1-3H3. The Balaban J connectivity index is 1.53. The number of amides is 1. The molecule has 6 nitrogen and oxygen atoms in total. The van der Waals surface area contributed by atoms with Crippen LogP contribution in [0.15, 0.2) is 42.7 Å². The molecule has 6 heteroatoms. The van der Waals surface area contributed by atoms with E-state index in [1.807, 2.05) is 4.90 Å². The Kier molecular flexibility index (Phi) is 4.83. The Morgan fingerprint density at radius 3 is 2.25 bits per heavy atom. The molecule has 2 aliphatic rings. The van der Waals surface area contributed by atoms with E-state index in [1.165, 1.54) is 12.7 Å². The number of aromatic nitrogens is 2. The first-order valence-corrected chi connectivity index (χ1v) is 9.87. The third-order valence-electron chi connectivity index (χ3n) is 6.73. The number of hydrogen-bond acceptors (Lipinski definition) is 5. The number of carbonyl (C=O) groups is 1. The predicted octanol–water partition coefficient (Wildman–Crippen LogP) is 3.24. The smallest absolute Gasteiger partial charge is 0.316 e. The molecule has 1 aromatic heterocycles. The normalized spacial score (nSPS) is 27.6. The van der Waals surface area contributed by atoms with Crippen molar-refractivity contribution in [3.05, 3.63) is 48.3 Å². The van der Waals surface area contributed by atoms with Gasteiger partial charge in [0.05, 0.1) is 25.2 Å². The van der Waals surface area contributed by atoms with Crippen LogP contribution in [0.5, 0.6) is 6.01 Å². The fourth-order valence-electron chi connectivity index (χ4n) is 4.96. The number of rotatable bonds is 4. The second kappa shape index (κ2) is 7.17. The Labute approximate surface area is 166 Å². The maximum Gasteiger partial charge on any atom is 0.316 e. The summed E-state index contributed by atoms with van der Waals surface area (Å²) in [5.41, 5.74) is 2.23. The number of anilines is 1. The lowest BCUT2D eigenvalue weighted by Gasteiger charge is -2.48. The first-order valence-electron chi connectivity index (χ1n) is 9.87. The van der Waals surface area contributed by atoms with Crippen molar-refractivity contribution >= 4 is 11.6 Å². The summed E-state index contributed by atoms with van der Waals surface area (Å²) in [7, 11) is 5.88. The molecule has 0 N–H and O–H groups in total. The lowest BCUT2D eigenvalue weighted by molar-refractivity contribution is -0.118. The number of methoxy groups -OCH3 is 1. The van der Waals surface area contributed by atoms with E-state index in [1.54, 1.807) is 12.4 Å². The highest BCUT2D eigenvalue weighted by Crippen LogP contribution is 2.52. The summed E-state index contributed by atoms with van der Waals surface area (Å²) >= 11 is 0. The van der Waals surface area contributed by atoms with Crippen LogP contribution < -0.4 is 9.64 Å². The zero-order chi connectivity index (χ0) is 19.8. The number of ether oxygens (including phenoxy) is 1. The highest BCUT2D eigenvalue weighted by Gasteiger charge is 2.50. The summed E-state index contributed by atoms with van der Waals surface area (Å²) in [6.45, 7) is 0.750. The molecule has 1 aromatic carbocycles. The summed E-state index contributed by atoms with van der Waals surface area (Å²) in [4.78, 5) is 25.3. The summed E-state index contributed by atoms with van der Waals surface area (Å²) in [6.07, 6.45) is 8.17. The Bertz CT molecular complexity index is 827. The molecule has 2 aromatic rings. The number of carbonyl (C=O) groups excluding carboxylic acids is 1. The van der Waals surface area contributed by atoms with Crippen LogP contribution in [0, 0.1) is 5.41 Å². The molecule has 1 saturated carbocycles. The molecule has 148 valence electrons. The van der Waals surface area contributed by atoms with Crippen LogP contribution in [0.1, 0.15) is 37.7 Å². The van der Waals surface area contributed by atoms with Crippen molar-refractivity contribution in [2.75, 3.05) is 32.6 Å². The molecule has 1 spiro atoms. The molecule has 0 unspecified atom stereocenters. The summed E-state index contributed by atoms with van der Waals surface area (Å²) in [5, 5.41) is 0. The van der Waals surface area contributed by atoms with E-state index in [0.29, 0.717) is 12.4 Å². The topological polar surface area (TPSA) is 58.6 Å². The van der Waals surface area contributed by atoms with Crippen molar-refractivity contribution in [1.29, 1.82) is 0 Å². The molecule has 2 heterocycles. The van der Waals surface area contributed by atoms with Gasteiger partial charge in [0.1, 0.15) is 0 Å². The molecular formula is C22H28N4O2. The fraction of sp³-hybridized carbons (Fsp3) is 0.500. The highest BCUT2D eigenvalue weighted by molar-refractivity contribution is 5.96. The molecule has 4 rings (SSSR count). The van der Waals surface area contributed by atoms with Gasteiger partial charge >= 0.3 is 6.01 Å². The van der Waals surface area contributed by atoms with Crippen molar-refractivity contribution in [1.82, 2.24) is 14.9 Å². The van der Waals surface area contributed by atoms with Gasteiger partial charge in [-0.1, -0.05) is 30.3 Å². The SMILES string of the molecule is COc1ncc(N2CC3(CCC(c4ccccc4)(N(C)C)CC3)CC2=O)cn1. The molecule has 0 radical (unpaired) electrons. The van der Waals surface area contributed by atoms with Crippen molar-refractivity contribution < 1.29 is 9.53 Å². The first-order chi connectivity index (χ1) is 13.5. The Morgan fingerprint density at radius 1 is 1.04 bits per heavy atom. The van der Waals surface area contributed by atoms with E-state index >= 15 is 0 Å². The van der Waals surface area contributed by atoms with Crippen molar-refractivity contribution in [3.8, 4) is 6.01 Å². The lowest BCUT2D eigenvalue weighted by Crippen LogP contribution is -2.47. The van der Waals surface area contributed by atoms with Crippen LogP contribution in [0.4, 0.5) is 5.69 Å². The van der Waals surface area contributed by atoms with Gasteiger partial charge in [0.25, 0.3) is 0 Å². The molecule has 1 amide bonds. The third-order valence-corrected chi connectivity index (χ3v) is 6.73. The quantitative estimate of drug-likeness (QED) is 0.815. The van der Waals surface area contributed by atoms with Gasteiger partial charge in [-0.3, -0.25) is 9.69 Å². The van der Waals surface area contributed by atoms with E-state index in [-0.39, 0.29) is 16.9 Å². The van der Waals surface area contributed by atoms with Crippen LogP contribution in [0.3, 0.4) is 0 Å². The lowest BCUT2D eigenvalue weighted by atomic mass is 9.64. The van der Waals surface area contributed by atoms with Gasteiger partial charge in [0, 0.05) is 18.5 Å². The Hall–Kier alpha value is -2.47. The van der Waals surface area contributed by atoms with Gasteiger partial charge in [-0.05, 0) is 50.8 Å². The highest BCUT2D eigenvalue weighted by atomic mass is 16.5. The zero-order valence-corrected chi connectivity index (χ0v) is 16.9. The zero-order valence-electron chi connectivity index (χ0n) is 16.9. The van der Waals surface area contributed by atoms with Crippen LogP contribution in [-0.4, -0.2) is 48.5 Å². The fourth-order valence-corrected chi connectivity index (χ4v) is 4.96. The summed E-state index contributed by atoms with van der Waals surface area (Å²) < 4.78 is 5.03. The molecule has 0 atom stereocenters. The number of nitrogens with zero attached hydrogens (tertiary/aromatic N) is 4. The van der Waals surface area contributed by atoms with Gasteiger partial charge < -0.3 is 9.64 Å². The first kappa shape index (κ1) is 18.9. The Morgan fingerprint density at radius 2 is 1.68 bits per heavy atom.